The fraction of sp³-hybridized carbons (Fsp3) is 0.524. The third-order valence-electron chi connectivity index (χ3n) is 5.27. The summed E-state index contributed by atoms with van der Waals surface area (Å²) in [6.07, 6.45) is 0. The molecule has 6 heteroatoms. The van der Waals surface area contributed by atoms with Crippen LogP contribution in [0.2, 0.25) is 0 Å². The summed E-state index contributed by atoms with van der Waals surface area (Å²) in [7, 11) is 2.06. The second kappa shape index (κ2) is 8.13. The minimum Gasteiger partial charge on any atom is -0.484 e. The molecule has 146 valence electrons. The normalized spacial score (nSPS) is 15.5. The van der Waals surface area contributed by atoms with Crippen LogP contribution in [0.25, 0.3) is 10.9 Å². The maximum atomic E-state index is 12.5. The zero-order valence-corrected chi connectivity index (χ0v) is 16.7. The van der Waals surface area contributed by atoms with E-state index in [9.17, 15) is 9.59 Å². The zero-order valence-electron chi connectivity index (χ0n) is 16.7. The van der Waals surface area contributed by atoms with Gasteiger partial charge in [0.05, 0.1) is 5.52 Å². The van der Waals surface area contributed by atoms with Crippen molar-refractivity contribution < 1.29 is 9.53 Å². The fourth-order valence-electron chi connectivity index (χ4n) is 3.57. The molecule has 1 amide bonds. The van der Waals surface area contributed by atoms with E-state index in [1.54, 1.807) is 10.6 Å². The van der Waals surface area contributed by atoms with Crippen molar-refractivity contribution >= 4 is 16.8 Å². The predicted molar refractivity (Wildman–Crippen MR) is 108 cm³/mol. The van der Waals surface area contributed by atoms with E-state index < -0.39 is 0 Å². The number of piperazine rings is 1. The van der Waals surface area contributed by atoms with E-state index in [0.717, 1.165) is 42.6 Å². The summed E-state index contributed by atoms with van der Waals surface area (Å²) < 4.78 is 7.52. The van der Waals surface area contributed by atoms with Crippen LogP contribution in [0.4, 0.5) is 0 Å². The van der Waals surface area contributed by atoms with Crippen molar-refractivity contribution in [3.63, 3.8) is 0 Å². The molecule has 0 saturated carbocycles. The number of carbonyl (C=O) groups excluding carboxylic acids is 1. The number of hydrogen-bond acceptors (Lipinski definition) is 4. The highest BCUT2D eigenvalue weighted by Crippen LogP contribution is 2.27. The molecule has 1 fully saturated rings. The first kappa shape index (κ1) is 19.4. The summed E-state index contributed by atoms with van der Waals surface area (Å²) >= 11 is 0. The molecule has 0 atom stereocenters. The molecule has 3 rings (SSSR count). The van der Waals surface area contributed by atoms with Crippen LogP contribution in [0.5, 0.6) is 5.75 Å². The highest BCUT2D eigenvalue weighted by atomic mass is 16.5. The van der Waals surface area contributed by atoms with Gasteiger partial charge in [-0.25, -0.2) is 0 Å². The number of hydrogen-bond donors (Lipinski definition) is 0. The van der Waals surface area contributed by atoms with Crippen LogP contribution in [0.1, 0.15) is 32.3 Å². The largest absolute Gasteiger partial charge is 0.484 e. The topological polar surface area (TPSA) is 54.8 Å². The summed E-state index contributed by atoms with van der Waals surface area (Å²) in [6.45, 7) is 10.0. The Hall–Kier alpha value is -2.34. The van der Waals surface area contributed by atoms with Gasteiger partial charge in [-0.05, 0) is 37.6 Å². The number of aromatic nitrogens is 1. The molecule has 0 radical (unpaired) electrons. The molecule has 0 bridgehead atoms. The number of pyridine rings is 1. The van der Waals surface area contributed by atoms with Crippen molar-refractivity contribution in [1.82, 2.24) is 14.4 Å². The lowest BCUT2D eigenvalue weighted by molar-refractivity contribution is -0.134. The summed E-state index contributed by atoms with van der Waals surface area (Å²) in [6, 6.07) is 7.49. The predicted octanol–water partition coefficient (Wildman–Crippen LogP) is 2.30. The van der Waals surface area contributed by atoms with Crippen molar-refractivity contribution in [1.29, 1.82) is 0 Å². The highest BCUT2D eigenvalue weighted by molar-refractivity contribution is 5.84. The fourth-order valence-corrected chi connectivity index (χ4v) is 3.57. The molecule has 2 aromatic rings. The van der Waals surface area contributed by atoms with Crippen LogP contribution < -0.4 is 10.3 Å². The molecular weight excluding hydrogens is 342 g/mol. The van der Waals surface area contributed by atoms with E-state index >= 15 is 0 Å². The number of likely N-dealkylation sites (N-methyl/N-ethyl adjacent to an activating group) is 1. The van der Waals surface area contributed by atoms with Crippen LogP contribution in [-0.2, 0) is 11.3 Å². The monoisotopic (exact) mass is 371 g/mol. The first-order valence-electron chi connectivity index (χ1n) is 9.67. The van der Waals surface area contributed by atoms with Gasteiger partial charge in [-0.15, -0.1) is 0 Å². The average Bonchev–Trinajstić information content (AvgIpc) is 2.65. The lowest BCUT2D eigenvalue weighted by atomic mass is 9.98. The van der Waals surface area contributed by atoms with Crippen molar-refractivity contribution in [3.05, 3.63) is 40.2 Å². The highest BCUT2D eigenvalue weighted by Gasteiger charge is 2.19. The van der Waals surface area contributed by atoms with E-state index in [1.165, 1.54) is 0 Å². The van der Waals surface area contributed by atoms with Crippen LogP contribution in [0.3, 0.4) is 0 Å². The number of benzene rings is 1. The molecule has 1 aliphatic rings. The van der Waals surface area contributed by atoms with Gasteiger partial charge in [-0.3, -0.25) is 9.59 Å². The number of nitrogens with zero attached hydrogens (tertiary/aromatic N) is 3. The first-order chi connectivity index (χ1) is 12.9. The summed E-state index contributed by atoms with van der Waals surface area (Å²) in [5.74, 6) is 0.886. The minimum absolute atomic E-state index is 0.000590. The second-order valence-electron chi connectivity index (χ2n) is 7.49. The van der Waals surface area contributed by atoms with Crippen LogP contribution in [0, 0.1) is 0 Å². The maximum absolute atomic E-state index is 12.5. The molecule has 0 N–H and O–H groups in total. The Balaban J connectivity index is 1.81. The average molecular weight is 371 g/mol. The molecule has 0 spiro atoms. The first-order valence-corrected chi connectivity index (χ1v) is 9.67. The van der Waals surface area contributed by atoms with Gasteiger partial charge in [0.2, 0.25) is 0 Å². The van der Waals surface area contributed by atoms with Crippen molar-refractivity contribution in [2.75, 3.05) is 39.8 Å². The Morgan fingerprint density at radius 2 is 1.85 bits per heavy atom. The molecule has 27 heavy (non-hydrogen) atoms. The van der Waals surface area contributed by atoms with Crippen LogP contribution >= 0.6 is 0 Å². The van der Waals surface area contributed by atoms with E-state index in [1.807, 2.05) is 30.0 Å². The Morgan fingerprint density at radius 1 is 1.15 bits per heavy atom. The van der Waals surface area contributed by atoms with Gasteiger partial charge in [0.25, 0.3) is 11.5 Å². The Morgan fingerprint density at radius 3 is 2.48 bits per heavy atom. The van der Waals surface area contributed by atoms with Gasteiger partial charge in [0.1, 0.15) is 5.75 Å². The van der Waals surface area contributed by atoms with E-state index in [2.05, 4.69) is 25.8 Å². The maximum Gasteiger partial charge on any atom is 0.260 e. The minimum atomic E-state index is -0.000590. The molecule has 1 aromatic carbocycles. The van der Waals surface area contributed by atoms with Crippen LogP contribution in [0.15, 0.2) is 29.1 Å². The van der Waals surface area contributed by atoms with Gasteiger partial charge in [0.15, 0.2) is 6.61 Å². The van der Waals surface area contributed by atoms with E-state index in [4.69, 9.17) is 4.74 Å². The third kappa shape index (κ3) is 4.16. The smallest absolute Gasteiger partial charge is 0.260 e. The number of fused-ring (bicyclic) bond motifs is 1. The van der Waals surface area contributed by atoms with E-state index in [0.29, 0.717) is 12.3 Å². The van der Waals surface area contributed by atoms with Crippen molar-refractivity contribution in [3.8, 4) is 5.75 Å². The van der Waals surface area contributed by atoms with Gasteiger partial charge >= 0.3 is 0 Å². The summed E-state index contributed by atoms with van der Waals surface area (Å²) in [5, 5.41) is 1.06. The molecule has 6 nitrogen and oxygen atoms in total. The zero-order chi connectivity index (χ0) is 19.6. The van der Waals surface area contributed by atoms with Gasteiger partial charge < -0.3 is 19.1 Å². The number of amides is 1. The molecular formula is C21H29N3O3. The number of carbonyl (C=O) groups is 1. The molecule has 0 unspecified atom stereocenters. The second-order valence-corrected chi connectivity index (χ2v) is 7.49. The molecule has 1 saturated heterocycles. The number of aryl methyl sites for hydroxylation is 1. The number of ether oxygens (including phenoxy) is 1. The SMILES string of the molecule is CCn1c(=O)cc(C(C)C)c2ccc(OCC(=O)N3CCN(C)CC3)cc21. The molecule has 1 aromatic heterocycles. The van der Waals surface area contributed by atoms with Crippen molar-refractivity contribution in [2.24, 2.45) is 0 Å². The Kier molecular flexibility index (Phi) is 5.85. The summed E-state index contributed by atoms with van der Waals surface area (Å²) in [4.78, 5) is 28.9. The molecule has 2 heterocycles. The van der Waals surface area contributed by atoms with E-state index in [-0.39, 0.29) is 24.0 Å². The van der Waals surface area contributed by atoms with Crippen LogP contribution in [-0.4, -0.2) is 60.1 Å². The third-order valence-corrected chi connectivity index (χ3v) is 5.27. The lowest BCUT2D eigenvalue weighted by Gasteiger charge is -2.32. The Bertz CT molecular complexity index is 880. The molecule has 1 aliphatic heterocycles. The van der Waals surface area contributed by atoms with Gasteiger partial charge in [-0.1, -0.05) is 13.8 Å². The van der Waals surface area contributed by atoms with Gasteiger partial charge in [-0.2, -0.15) is 0 Å². The molecule has 0 aliphatic carbocycles. The van der Waals surface area contributed by atoms with Gasteiger partial charge in [0, 0.05) is 50.2 Å². The standard InChI is InChI=1S/C21H29N3O3/c1-5-24-19-12-16(6-7-17(19)18(15(2)3)13-20(24)25)27-14-21(26)23-10-8-22(4)9-11-23/h6-7,12-13,15H,5,8-11,14H2,1-4H3. The number of rotatable bonds is 5. The Labute approximate surface area is 160 Å². The lowest BCUT2D eigenvalue weighted by Crippen LogP contribution is -2.48. The summed E-state index contributed by atoms with van der Waals surface area (Å²) in [5.41, 5.74) is 1.90. The quantitative estimate of drug-likeness (QED) is 0.809. The van der Waals surface area contributed by atoms with Crippen molar-refractivity contribution in [2.45, 2.75) is 33.2 Å².